The SMILES string of the molecule is COC(=O)c1ccc(CNc2cccc(Cl)c2F)o1. The highest BCUT2D eigenvalue weighted by atomic mass is 35.5. The quantitative estimate of drug-likeness (QED) is 0.873. The predicted octanol–water partition coefficient (Wildman–Crippen LogP) is 3.47. The van der Waals surface area contributed by atoms with Crippen LogP contribution < -0.4 is 5.32 Å². The topological polar surface area (TPSA) is 51.5 Å². The summed E-state index contributed by atoms with van der Waals surface area (Å²) < 4.78 is 23.3. The van der Waals surface area contributed by atoms with Crippen molar-refractivity contribution < 1.29 is 18.3 Å². The van der Waals surface area contributed by atoms with Crippen molar-refractivity contribution in [3.8, 4) is 0 Å². The van der Waals surface area contributed by atoms with E-state index in [9.17, 15) is 9.18 Å². The lowest BCUT2D eigenvalue weighted by atomic mass is 10.3. The van der Waals surface area contributed by atoms with Gasteiger partial charge in [-0.3, -0.25) is 0 Å². The third kappa shape index (κ3) is 3.06. The maximum absolute atomic E-state index is 13.6. The average molecular weight is 284 g/mol. The van der Waals surface area contributed by atoms with Crippen molar-refractivity contribution in [2.75, 3.05) is 12.4 Å². The molecule has 0 amide bonds. The van der Waals surface area contributed by atoms with Crippen LogP contribution in [0.15, 0.2) is 34.7 Å². The van der Waals surface area contributed by atoms with Crippen molar-refractivity contribution in [1.82, 2.24) is 0 Å². The van der Waals surface area contributed by atoms with E-state index in [0.29, 0.717) is 5.76 Å². The van der Waals surface area contributed by atoms with Gasteiger partial charge in [0.1, 0.15) is 5.76 Å². The van der Waals surface area contributed by atoms with Gasteiger partial charge in [0, 0.05) is 0 Å². The lowest BCUT2D eigenvalue weighted by molar-refractivity contribution is 0.0563. The molecule has 2 rings (SSSR count). The molecule has 0 radical (unpaired) electrons. The van der Waals surface area contributed by atoms with Gasteiger partial charge in [0.25, 0.3) is 0 Å². The molecule has 1 heterocycles. The van der Waals surface area contributed by atoms with Crippen LogP contribution in [0.4, 0.5) is 10.1 Å². The Balaban J connectivity index is 2.04. The Morgan fingerprint density at radius 1 is 1.42 bits per heavy atom. The van der Waals surface area contributed by atoms with Crippen molar-refractivity contribution in [2.24, 2.45) is 0 Å². The molecule has 1 aromatic heterocycles. The van der Waals surface area contributed by atoms with Crippen LogP contribution in [-0.4, -0.2) is 13.1 Å². The maximum atomic E-state index is 13.6. The fraction of sp³-hybridized carbons (Fsp3) is 0.154. The van der Waals surface area contributed by atoms with Crippen LogP contribution in [-0.2, 0) is 11.3 Å². The van der Waals surface area contributed by atoms with Crippen molar-refractivity contribution >= 4 is 23.3 Å². The Kier molecular flexibility index (Phi) is 4.06. The number of benzene rings is 1. The first-order valence-electron chi connectivity index (χ1n) is 5.46. The van der Waals surface area contributed by atoms with Crippen LogP contribution in [0.2, 0.25) is 5.02 Å². The van der Waals surface area contributed by atoms with Gasteiger partial charge in [-0.05, 0) is 24.3 Å². The van der Waals surface area contributed by atoms with Gasteiger partial charge in [0.05, 0.1) is 24.4 Å². The van der Waals surface area contributed by atoms with Gasteiger partial charge in [-0.1, -0.05) is 17.7 Å². The highest BCUT2D eigenvalue weighted by Crippen LogP contribution is 2.22. The van der Waals surface area contributed by atoms with Crippen molar-refractivity contribution in [2.45, 2.75) is 6.54 Å². The minimum absolute atomic E-state index is 0.0414. The monoisotopic (exact) mass is 283 g/mol. The van der Waals surface area contributed by atoms with Crippen molar-refractivity contribution in [3.63, 3.8) is 0 Å². The number of rotatable bonds is 4. The molecule has 1 N–H and O–H groups in total. The number of furan rings is 1. The number of anilines is 1. The molecule has 0 atom stereocenters. The molecule has 0 saturated carbocycles. The second-order valence-corrected chi connectivity index (χ2v) is 4.12. The van der Waals surface area contributed by atoms with Gasteiger partial charge in [-0.15, -0.1) is 0 Å². The summed E-state index contributed by atoms with van der Waals surface area (Å²) in [6.07, 6.45) is 0. The Hall–Kier alpha value is -2.01. The Bertz CT molecular complexity index is 597. The first-order valence-corrected chi connectivity index (χ1v) is 5.84. The number of methoxy groups -OCH3 is 1. The van der Waals surface area contributed by atoms with Gasteiger partial charge >= 0.3 is 5.97 Å². The molecule has 0 spiro atoms. The zero-order valence-electron chi connectivity index (χ0n) is 10.1. The summed E-state index contributed by atoms with van der Waals surface area (Å²) in [4.78, 5) is 11.2. The number of esters is 1. The molecule has 19 heavy (non-hydrogen) atoms. The van der Waals surface area contributed by atoms with E-state index in [1.807, 2.05) is 0 Å². The van der Waals surface area contributed by atoms with E-state index in [4.69, 9.17) is 16.0 Å². The number of carbonyl (C=O) groups is 1. The molecule has 100 valence electrons. The van der Waals surface area contributed by atoms with Crippen LogP contribution in [0, 0.1) is 5.82 Å². The average Bonchev–Trinajstić information content (AvgIpc) is 2.88. The summed E-state index contributed by atoms with van der Waals surface area (Å²) >= 11 is 5.66. The Morgan fingerprint density at radius 3 is 2.95 bits per heavy atom. The van der Waals surface area contributed by atoms with E-state index in [0.717, 1.165) is 0 Å². The van der Waals surface area contributed by atoms with E-state index in [1.54, 1.807) is 18.2 Å². The smallest absolute Gasteiger partial charge is 0.373 e. The first kappa shape index (κ1) is 13.4. The highest BCUT2D eigenvalue weighted by Gasteiger charge is 2.11. The number of halogens is 2. The molecule has 6 heteroatoms. The molecule has 0 fully saturated rings. The number of hydrogen-bond acceptors (Lipinski definition) is 4. The summed E-state index contributed by atoms with van der Waals surface area (Å²) in [5, 5.41) is 2.88. The number of hydrogen-bond donors (Lipinski definition) is 1. The van der Waals surface area contributed by atoms with E-state index in [2.05, 4.69) is 10.1 Å². The van der Waals surface area contributed by atoms with E-state index in [1.165, 1.54) is 19.2 Å². The van der Waals surface area contributed by atoms with Gasteiger partial charge < -0.3 is 14.5 Å². The zero-order chi connectivity index (χ0) is 13.8. The molecular weight excluding hydrogens is 273 g/mol. The fourth-order valence-electron chi connectivity index (χ4n) is 1.51. The summed E-state index contributed by atoms with van der Waals surface area (Å²) in [5.41, 5.74) is 0.267. The first-order chi connectivity index (χ1) is 9.11. The second-order valence-electron chi connectivity index (χ2n) is 3.71. The molecule has 2 aromatic rings. The normalized spacial score (nSPS) is 10.3. The van der Waals surface area contributed by atoms with Crippen LogP contribution in [0.1, 0.15) is 16.3 Å². The van der Waals surface area contributed by atoms with Crippen LogP contribution >= 0.6 is 11.6 Å². The summed E-state index contributed by atoms with van der Waals surface area (Å²) in [6.45, 7) is 0.230. The molecule has 0 aliphatic carbocycles. The molecule has 0 unspecified atom stereocenters. The van der Waals surface area contributed by atoms with Crippen LogP contribution in [0.5, 0.6) is 0 Å². The molecule has 0 aliphatic heterocycles. The van der Waals surface area contributed by atoms with E-state index < -0.39 is 11.8 Å². The third-order valence-electron chi connectivity index (χ3n) is 2.45. The lowest BCUT2D eigenvalue weighted by Crippen LogP contribution is -2.01. The summed E-state index contributed by atoms with van der Waals surface area (Å²) in [6, 6.07) is 7.77. The molecular formula is C13H11ClFNO3. The lowest BCUT2D eigenvalue weighted by Gasteiger charge is -2.06. The highest BCUT2D eigenvalue weighted by molar-refractivity contribution is 6.31. The molecule has 1 aromatic carbocycles. The van der Waals surface area contributed by atoms with Crippen LogP contribution in [0.25, 0.3) is 0 Å². The Labute approximate surface area is 114 Å². The third-order valence-corrected chi connectivity index (χ3v) is 2.74. The molecule has 4 nitrogen and oxygen atoms in total. The van der Waals surface area contributed by atoms with Crippen LogP contribution in [0.3, 0.4) is 0 Å². The molecule has 0 saturated heterocycles. The molecule has 0 aliphatic rings. The minimum Gasteiger partial charge on any atom is -0.463 e. The predicted molar refractivity (Wildman–Crippen MR) is 68.8 cm³/mol. The van der Waals surface area contributed by atoms with Crippen molar-refractivity contribution in [3.05, 3.63) is 52.7 Å². The standard InChI is InChI=1S/C13H11ClFNO3/c1-18-13(17)11-6-5-8(19-11)7-16-10-4-2-3-9(14)12(10)15/h2-6,16H,7H2,1H3. The minimum atomic E-state index is -0.555. The number of ether oxygens (including phenoxy) is 1. The largest absolute Gasteiger partial charge is 0.463 e. The van der Waals surface area contributed by atoms with Crippen molar-refractivity contribution in [1.29, 1.82) is 0 Å². The fourth-order valence-corrected chi connectivity index (χ4v) is 1.68. The summed E-state index contributed by atoms with van der Waals surface area (Å²) in [7, 11) is 1.27. The maximum Gasteiger partial charge on any atom is 0.373 e. The zero-order valence-corrected chi connectivity index (χ0v) is 10.8. The number of carbonyl (C=O) groups excluding carboxylic acids is 1. The van der Waals surface area contributed by atoms with Gasteiger partial charge in [-0.25, -0.2) is 9.18 Å². The Morgan fingerprint density at radius 2 is 2.21 bits per heavy atom. The van der Waals surface area contributed by atoms with E-state index >= 15 is 0 Å². The van der Waals surface area contributed by atoms with E-state index in [-0.39, 0.29) is 23.0 Å². The van der Waals surface area contributed by atoms with Gasteiger partial charge in [0.2, 0.25) is 5.76 Å². The molecule has 0 bridgehead atoms. The van der Waals surface area contributed by atoms with Gasteiger partial charge in [-0.2, -0.15) is 0 Å². The second kappa shape index (κ2) is 5.75. The number of nitrogens with one attached hydrogen (secondary N) is 1. The van der Waals surface area contributed by atoms with Gasteiger partial charge in [0.15, 0.2) is 5.82 Å². The summed E-state index contributed by atoms with van der Waals surface area (Å²) in [5.74, 6) is -0.491.